The van der Waals surface area contributed by atoms with Crippen LogP contribution in [-0.2, 0) is 19.6 Å². The largest absolute Gasteiger partial charge is 0.449 e. The van der Waals surface area contributed by atoms with E-state index in [0.29, 0.717) is 0 Å². The van der Waals surface area contributed by atoms with Gasteiger partial charge in [0, 0.05) is 19.0 Å². The van der Waals surface area contributed by atoms with E-state index in [4.69, 9.17) is 10.00 Å². The van der Waals surface area contributed by atoms with Gasteiger partial charge in [0.15, 0.2) is 6.10 Å². The van der Waals surface area contributed by atoms with Crippen molar-refractivity contribution in [1.82, 2.24) is 10.0 Å². The fourth-order valence-corrected chi connectivity index (χ4v) is 3.97. The average molecular weight is 407 g/mol. The highest BCUT2D eigenvalue weighted by molar-refractivity contribution is 7.89. The molecule has 0 bridgehead atoms. The van der Waals surface area contributed by atoms with E-state index in [1.165, 1.54) is 37.6 Å². The van der Waals surface area contributed by atoms with Crippen LogP contribution >= 0.6 is 0 Å². The van der Waals surface area contributed by atoms with Crippen LogP contribution in [0.3, 0.4) is 0 Å². The lowest BCUT2D eigenvalue weighted by Gasteiger charge is -2.24. The van der Waals surface area contributed by atoms with Crippen LogP contribution < -0.4 is 10.0 Å². The summed E-state index contributed by atoms with van der Waals surface area (Å²) in [5, 5.41) is 11.4. The van der Waals surface area contributed by atoms with Gasteiger partial charge < -0.3 is 10.1 Å². The topological polar surface area (TPSA) is 125 Å². The molecule has 1 fully saturated rings. The highest BCUT2D eigenvalue weighted by atomic mass is 32.2. The summed E-state index contributed by atoms with van der Waals surface area (Å²) in [6.45, 7) is 1.52. The Balaban J connectivity index is 1.91. The highest BCUT2D eigenvalue weighted by Gasteiger charge is 2.23. The van der Waals surface area contributed by atoms with Gasteiger partial charge in [-0.2, -0.15) is 5.26 Å². The molecule has 0 unspecified atom stereocenters. The molecular weight excluding hydrogens is 382 g/mol. The van der Waals surface area contributed by atoms with Gasteiger partial charge in [-0.3, -0.25) is 4.79 Å². The highest BCUT2D eigenvalue weighted by Crippen LogP contribution is 2.18. The number of benzene rings is 1. The van der Waals surface area contributed by atoms with E-state index < -0.39 is 22.1 Å². The maximum absolute atomic E-state index is 12.2. The van der Waals surface area contributed by atoms with Crippen molar-refractivity contribution >= 4 is 21.9 Å². The number of hydrogen-bond donors (Lipinski definition) is 2. The van der Waals surface area contributed by atoms with Gasteiger partial charge in [-0.1, -0.05) is 19.3 Å². The summed E-state index contributed by atoms with van der Waals surface area (Å²) in [5.74, 6) is -1.03. The number of nitriles is 1. The number of ether oxygens (including phenoxy) is 1. The van der Waals surface area contributed by atoms with Crippen molar-refractivity contribution in [3.8, 4) is 6.07 Å². The van der Waals surface area contributed by atoms with Gasteiger partial charge in [0.25, 0.3) is 5.91 Å². The van der Waals surface area contributed by atoms with E-state index in [1.807, 2.05) is 6.07 Å². The first kappa shape index (κ1) is 21.9. The molecule has 0 heterocycles. The molecule has 2 rings (SSSR count). The van der Waals surface area contributed by atoms with Gasteiger partial charge in [-0.15, -0.1) is 0 Å². The zero-order valence-corrected chi connectivity index (χ0v) is 16.6. The quantitative estimate of drug-likeness (QED) is 0.501. The molecule has 1 atom stereocenters. The number of sulfonamides is 1. The lowest BCUT2D eigenvalue weighted by molar-refractivity contribution is -0.130. The number of carbonyl (C=O) groups is 2. The van der Waals surface area contributed by atoms with Crippen molar-refractivity contribution in [1.29, 1.82) is 5.26 Å². The van der Waals surface area contributed by atoms with Crippen LogP contribution in [-0.4, -0.2) is 39.0 Å². The summed E-state index contributed by atoms with van der Waals surface area (Å²) in [5.41, 5.74) is 0.147. The summed E-state index contributed by atoms with van der Waals surface area (Å²) in [4.78, 5) is 24.4. The predicted octanol–water partition coefficient (Wildman–Crippen LogP) is 1.87. The molecular formula is C19H25N3O5S. The van der Waals surface area contributed by atoms with Crippen molar-refractivity contribution in [2.75, 3.05) is 6.54 Å². The van der Waals surface area contributed by atoms with Crippen LogP contribution in [0.5, 0.6) is 0 Å². The minimum absolute atomic E-state index is 0.0102. The Kier molecular flexibility index (Phi) is 7.96. The van der Waals surface area contributed by atoms with Gasteiger partial charge in [0.1, 0.15) is 0 Å². The minimum Gasteiger partial charge on any atom is -0.449 e. The second-order valence-corrected chi connectivity index (χ2v) is 8.49. The average Bonchev–Trinajstić information content (AvgIpc) is 2.69. The number of amides is 1. The second kappa shape index (κ2) is 10.2. The van der Waals surface area contributed by atoms with Gasteiger partial charge in [-0.25, -0.2) is 17.9 Å². The smallest absolute Gasteiger partial charge is 0.338 e. The van der Waals surface area contributed by atoms with E-state index in [0.717, 1.165) is 25.7 Å². The molecule has 152 valence electrons. The SMILES string of the molecule is C[C@@H](OC(=O)c1ccc(S(=O)(=O)NCCC#N)cc1)C(=O)NC1CCCCC1. The Morgan fingerprint density at radius 1 is 1.21 bits per heavy atom. The normalized spacial score (nSPS) is 16.0. The molecule has 28 heavy (non-hydrogen) atoms. The molecule has 1 amide bonds. The minimum atomic E-state index is -3.75. The van der Waals surface area contributed by atoms with Gasteiger partial charge in [0.2, 0.25) is 10.0 Å². The number of esters is 1. The van der Waals surface area contributed by atoms with E-state index >= 15 is 0 Å². The maximum atomic E-state index is 12.2. The summed E-state index contributed by atoms with van der Waals surface area (Å²) in [6, 6.07) is 7.18. The first-order valence-corrected chi connectivity index (χ1v) is 10.8. The van der Waals surface area contributed by atoms with Crippen LogP contribution in [0.15, 0.2) is 29.2 Å². The number of carbonyl (C=O) groups excluding carboxylic acids is 2. The molecule has 0 aliphatic heterocycles. The van der Waals surface area contributed by atoms with Crippen LogP contribution in [0.1, 0.15) is 55.8 Å². The third kappa shape index (κ3) is 6.32. The molecule has 2 N–H and O–H groups in total. The lowest BCUT2D eigenvalue weighted by atomic mass is 9.95. The zero-order valence-electron chi connectivity index (χ0n) is 15.8. The summed E-state index contributed by atoms with van der Waals surface area (Å²) >= 11 is 0. The van der Waals surface area contributed by atoms with Crippen molar-refractivity contribution in [3.63, 3.8) is 0 Å². The zero-order chi connectivity index (χ0) is 20.6. The maximum Gasteiger partial charge on any atom is 0.338 e. The van der Waals surface area contributed by atoms with E-state index in [1.54, 1.807) is 0 Å². The number of nitrogens with zero attached hydrogens (tertiary/aromatic N) is 1. The molecule has 0 saturated heterocycles. The summed E-state index contributed by atoms with van der Waals surface area (Å²) < 4.78 is 31.6. The third-order valence-electron chi connectivity index (χ3n) is 4.53. The van der Waals surface area contributed by atoms with Crippen LogP contribution in [0.4, 0.5) is 0 Å². The standard InChI is InChI=1S/C19H25N3O5S/c1-14(18(23)22-16-6-3-2-4-7-16)27-19(24)15-8-10-17(11-9-15)28(25,26)21-13-5-12-20/h8-11,14,16,21H,2-7,13H2,1H3,(H,22,23)/t14-/m1/s1. The van der Waals surface area contributed by atoms with Gasteiger partial charge in [0.05, 0.1) is 16.5 Å². The Labute approximate surface area is 165 Å². The van der Waals surface area contributed by atoms with Crippen LogP contribution in [0.25, 0.3) is 0 Å². The number of rotatable bonds is 8. The van der Waals surface area contributed by atoms with E-state index in [9.17, 15) is 18.0 Å². The Bertz CT molecular complexity index is 824. The van der Waals surface area contributed by atoms with Crippen molar-refractivity contribution < 1.29 is 22.7 Å². The monoisotopic (exact) mass is 407 g/mol. The van der Waals surface area contributed by atoms with Crippen LogP contribution in [0.2, 0.25) is 0 Å². The first-order chi connectivity index (χ1) is 13.3. The predicted molar refractivity (Wildman–Crippen MR) is 102 cm³/mol. The fraction of sp³-hybridized carbons (Fsp3) is 0.526. The number of nitrogens with one attached hydrogen (secondary N) is 2. The van der Waals surface area contributed by atoms with Crippen molar-refractivity contribution in [2.45, 2.75) is 62.5 Å². The Hall–Kier alpha value is -2.44. The summed E-state index contributed by atoms with van der Waals surface area (Å²) in [6.07, 6.45) is 4.33. The molecule has 1 saturated carbocycles. The van der Waals surface area contributed by atoms with Gasteiger partial charge >= 0.3 is 5.97 Å². The van der Waals surface area contributed by atoms with Gasteiger partial charge in [-0.05, 0) is 44.0 Å². The second-order valence-electron chi connectivity index (χ2n) is 6.72. The van der Waals surface area contributed by atoms with Crippen LogP contribution in [0, 0.1) is 11.3 Å². The van der Waals surface area contributed by atoms with Crippen molar-refractivity contribution in [3.05, 3.63) is 29.8 Å². The van der Waals surface area contributed by atoms with Crippen molar-refractivity contribution in [2.24, 2.45) is 0 Å². The molecule has 1 aromatic carbocycles. The molecule has 9 heteroatoms. The Morgan fingerprint density at radius 3 is 2.46 bits per heavy atom. The fourth-order valence-electron chi connectivity index (χ4n) is 2.94. The third-order valence-corrected chi connectivity index (χ3v) is 6.01. The molecule has 1 aromatic rings. The molecule has 0 radical (unpaired) electrons. The van der Waals surface area contributed by atoms with E-state index in [-0.39, 0.29) is 35.4 Å². The Morgan fingerprint density at radius 2 is 1.86 bits per heavy atom. The summed E-state index contributed by atoms with van der Waals surface area (Å²) in [7, 11) is -3.75. The molecule has 8 nitrogen and oxygen atoms in total. The molecule has 0 spiro atoms. The molecule has 0 aromatic heterocycles. The number of hydrogen-bond acceptors (Lipinski definition) is 6. The molecule has 1 aliphatic carbocycles. The molecule has 1 aliphatic rings. The lowest BCUT2D eigenvalue weighted by Crippen LogP contribution is -2.42. The first-order valence-electron chi connectivity index (χ1n) is 9.31. The van der Waals surface area contributed by atoms with E-state index in [2.05, 4.69) is 10.0 Å².